The van der Waals surface area contributed by atoms with Gasteiger partial charge in [0, 0.05) is 12.5 Å². The van der Waals surface area contributed by atoms with Gasteiger partial charge in [-0.2, -0.15) is 0 Å². The smallest absolute Gasteiger partial charge is 0.0959 e. The molecule has 1 saturated heterocycles. The highest BCUT2D eigenvalue weighted by atomic mass is 16.5. The molecule has 1 fully saturated rings. The van der Waals surface area contributed by atoms with E-state index in [1.165, 1.54) is 25.1 Å². The average molecular weight is 233 g/mol. The second-order valence-electron chi connectivity index (χ2n) is 6.06. The third-order valence-electron chi connectivity index (χ3n) is 5.43. The second kappa shape index (κ2) is 3.88. The predicted octanol–water partition coefficient (Wildman–Crippen LogP) is 3.02. The van der Waals surface area contributed by atoms with E-state index in [4.69, 9.17) is 4.74 Å². The fourth-order valence-corrected chi connectivity index (χ4v) is 4.01. The minimum atomic E-state index is 0.404. The summed E-state index contributed by atoms with van der Waals surface area (Å²) in [4.78, 5) is 0. The van der Waals surface area contributed by atoms with E-state index in [-0.39, 0.29) is 0 Å². The average Bonchev–Trinajstić information content (AvgIpc) is 2.33. The lowest BCUT2D eigenvalue weighted by Crippen LogP contribution is -2.53. The van der Waals surface area contributed by atoms with Crippen LogP contribution in [0.1, 0.15) is 39.5 Å². The summed E-state index contributed by atoms with van der Waals surface area (Å²) in [5.74, 6) is 1.93. The number of rotatable bonds is 1. The van der Waals surface area contributed by atoms with Gasteiger partial charge in [0.25, 0.3) is 0 Å². The maximum Gasteiger partial charge on any atom is 0.0959 e. The molecular weight excluding hydrogens is 210 g/mol. The first-order valence-corrected chi connectivity index (χ1v) is 6.83. The third kappa shape index (κ3) is 1.57. The number of hydrogen-bond donors (Lipinski definition) is 1. The Balaban J connectivity index is 1.98. The molecule has 0 amide bonds. The quantitative estimate of drug-likeness (QED) is 0.703. The Labute approximate surface area is 104 Å². The van der Waals surface area contributed by atoms with Crippen LogP contribution < -0.4 is 5.32 Å². The Morgan fingerprint density at radius 1 is 1.47 bits per heavy atom. The van der Waals surface area contributed by atoms with Gasteiger partial charge in [-0.25, -0.2) is 0 Å². The number of fused-ring (bicyclic) bond motifs is 3. The molecule has 3 rings (SSSR count). The first-order chi connectivity index (χ1) is 8.15. The van der Waals surface area contributed by atoms with Crippen molar-refractivity contribution in [3.63, 3.8) is 0 Å². The third-order valence-corrected chi connectivity index (χ3v) is 5.43. The molecule has 3 aliphatic rings. The normalized spacial score (nSPS) is 40.8. The standard InChI is InChI=1S/C15H23NO/c1-10-14-8-11-4-5-12(17-3)9-13(11)15(10,2)6-7-16-14/h5,10,14,16H,4,6-9H2,1-3H3/t10-,14+,15+/m0/s1. The van der Waals surface area contributed by atoms with E-state index >= 15 is 0 Å². The zero-order valence-electron chi connectivity index (χ0n) is 11.2. The van der Waals surface area contributed by atoms with Crippen molar-refractivity contribution < 1.29 is 4.74 Å². The molecule has 0 aromatic heterocycles. The van der Waals surface area contributed by atoms with Crippen molar-refractivity contribution in [1.82, 2.24) is 5.32 Å². The minimum Gasteiger partial charge on any atom is -0.501 e. The summed E-state index contributed by atoms with van der Waals surface area (Å²) in [6.07, 6.45) is 6.96. The van der Waals surface area contributed by atoms with Gasteiger partial charge in [-0.05, 0) is 43.2 Å². The van der Waals surface area contributed by atoms with Crippen LogP contribution in [0.15, 0.2) is 23.0 Å². The zero-order valence-corrected chi connectivity index (χ0v) is 11.2. The molecule has 1 N–H and O–H groups in total. The summed E-state index contributed by atoms with van der Waals surface area (Å²) in [6.45, 7) is 6.07. The molecule has 0 aromatic rings. The van der Waals surface area contributed by atoms with Gasteiger partial charge < -0.3 is 10.1 Å². The number of hydrogen-bond acceptors (Lipinski definition) is 2. The van der Waals surface area contributed by atoms with E-state index in [1.54, 1.807) is 18.3 Å². The summed E-state index contributed by atoms with van der Waals surface area (Å²) >= 11 is 0. The van der Waals surface area contributed by atoms with Crippen LogP contribution >= 0.6 is 0 Å². The molecule has 0 spiro atoms. The molecule has 0 aromatic carbocycles. The Morgan fingerprint density at radius 2 is 2.29 bits per heavy atom. The molecule has 94 valence electrons. The number of piperidine rings is 1. The van der Waals surface area contributed by atoms with Crippen molar-refractivity contribution in [3.8, 4) is 0 Å². The summed E-state index contributed by atoms with van der Waals surface area (Å²) in [6, 6.07) is 0.699. The second-order valence-corrected chi connectivity index (χ2v) is 6.06. The van der Waals surface area contributed by atoms with Gasteiger partial charge in [0.05, 0.1) is 12.9 Å². The predicted molar refractivity (Wildman–Crippen MR) is 69.6 cm³/mol. The largest absolute Gasteiger partial charge is 0.501 e. The maximum absolute atomic E-state index is 5.47. The van der Waals surface area contributed by atoms with Crippen molar-refractivity contribution in [1.29, 1.82) is 0 Å². The van der Waals surface area contributed by atoms with E-state index in [9.17, 15) is 0 Å². The molecular formula is C15H23NO. The van der Waals surface area contributed by atoms with Crippen LogP contribution in [0.2, 0.25) is 0 Å². The van der Waals surface area contributed by atoms with E-state index in [2.05, 4.69) is 25.2 Å². The van der Waals surface area contributed by atoms with Gasteiger partial charge in [-0.1, -0.05) is 25.0 Å². The van der Waals surface area contributed by atoms with Crippen LogP contribution in [-0.4, -0.2) is 19.7 Å². The van der Waals surface area contributed by atoms with Crippen molar-refractivity contribution in [3.05, 3.63) is 23.0 Å². The van der Waals surface area contributed by atoms with Crippen molar-refractivity contribution in [2.75, 3.05) is 13.7 Å². The fourth-order valence-electron chi connectivity index (χ4n) is 4.01. The monoisotopic (exact) mass is 233 g/mol. The van der Waals surface area contributed by atoms with E-state index in [1.807, 2.05) is 0 Å². The number of methoxy groups -OCH3 is 1. The first-order valence-electron chi connectivity index (χ1n) is 6.83. The Kier molecular flexibility index (Phi) is 2.58. The van der Waals surface area contributed by atoms with E-state index in [0.717, 1.165) is 18.8 Å². The Morgan fingerprint density at radius 3 is 3.06 bits per heavy atom. The molecule has 2 bridgehead atoms. The van der Waals surface area contributed by atoms with Gasteiger partial charge in [0.2, 0.25) is 0 Å². The van der Waals surface area contributed by atoms with E-state index in [0.29, 0.717) is 11.5 Å². The van der Waals surface area contributed by atoms with Gasteiger partial charge in [0.1, 0.15) is 0 Å². The SMILES string of the molecule is COC1=CCC2=C(C1)[C@]1(C)CCN[C@H](C2)[C@@H]1C. The molecule has 1 aliphatic heterocycles. The van der Waals surface area contributed by atoms with Crippen LogP contribution in [-0.2, 0) is 4.74 Å². The van der Waals surface area contributed by atoms with Crippen LogP contribution in [0, 0.1) is 11.3 Å². The van der Waals surface area contributed by atoms with Gasteiger partial charge in [-0.3, -0.25) is 0 Å². The summed E-state index contributed by atoms with van der Waals surface area (Å²) in [5, 5.41) is 3.70. The van der Waals surface area contributed by atoms with Crippen molar-refractivity contribution >= 4 is 0 Å². The first kappa shape index (κ1) is 11.3. The highest BCUT2D eigenvalue weighted by molar-refractivity contribution is 5.36. The van der Waals surface area contributed by atoms with Crippen molar-refractivity contribution in [2.45, 2.75) is 45.6 Å². The van der Waals surface area contributed by atoms with Crippen LogP contribution in [0.25, 0.3) is 0 Å². The number of nitrogens with one attached hydrogen (secondary N) is 1. The lowest BCUT2D eigenvalue weighted by atomic mass is 9.57. The topological polar surface area (TPSA) is 21.3 Å². The molecule has 0 radical (unpaired) electrons. The Bertz CT molecular complexity index is 396. The summed E-state index contributed by atoms with van der Waals surface area (Å²) in [5.41, 5.74) is 3.78. The molecule has 2 aliphatic carbocycles. The van der Waals surface area contributed by atoms with Crippen LogP contribution in [0.5, 0.6) is 0 Å². The van der Waals surface area contributed by atoms with Crippen LogP contribution in [0.3, 0.4) is 0 Å². The van der Waals surface area contributed by atoms with Crippen LogP contribution in [0.4, 0.5) is 0 Å². The molecule has 17 heavy (non-hydrogen) atoms. The molecule has 2 nitrogen and oxygen atoms in total. The Hall–Kier alpha value is -0.760. The van der Waals surface area contributed by atoms with Gasteiger partial charge in [0.15, 0.2) is 0 Å². The highest BCUT2D eigenvalue weighted by Gasteiger charge is 2.47. The molecule has 1 heterocycles. The summed E-state index contributed by atoms with van der Waals surface area (Å²) in [7, 11) is 1.80. The molecule has 0 unspecified atom stereocenters. The molecule has 2 heteroatoms. The molecule has 0 saturated carbocycles. The van der Waals surface area contributed by atoms with E-state index < -0.39 is 0 Å². The zero-order chi connectivity index (χ0) is 12.0. The lowest BCUT2D eigenvalue weighted by molar-refractivity contribution is 0.110. The summed E-state index contributed by atoms with van der Waals surface area (Å²) < 4.78 is 5.47. The number of allylic oxidation sites excluding steroid dienone is 2. The lowest BCUT2D eigenvalue weighted by Gasteiger charge is -2.52. The minimum absolute atomic E-state index is 0.404. The van der Waals surface area contributed by atoms with Crippen molar-refractivity contribution in [2.24, 2.45) is 11.3 Å². The highest BCUT2D eigenvalue weighted by Crippen LogP contribution is 2.53. The van der Waals surface area contributed by atoms with Gasteiger partial charge in [-0.15, -0.1) is 0 Å². The maximum atomic E-state index is 5.47. The number of ether oxygens (including phenoxy) is 1. The molecule has 3 atom stereocenters. The fraction of sp³-hybridized carbons (Fsp3) is 0.733. The van der Waals surface area contributed by atoms with Gasteiger partial charge >= 0.3 is 0 Å².